The van der Waals surface area contributed by atoms with Gasteiger partial charge in [-0.3, -0.25) is 4.79 Å². The monoisotopic (exact) mass is 363 g/mol. The molecule has 136 valence electrons. The molecule has 27 heavy (non-hydrogen) atoms. The first-order valence-corrected chi connectivity index (χ1v) is 8.88. The molecule has 1 fully saturated rings. The second kappa shape index (κ2) is 6.12. The van der Waals surface area contributed by atoms with E-state index in [1.54, 1.807) is 4.90 Å². The lowest BCUT2D eigenvalue weighted by molar-refractivity contribution is -0.134. The number of fused-ring (bicyclic) bond motifs is 2. The van der Waals surface area contributed by atoms with Crippen LogP contribution in [0.5, 0.6) is 0 Å². The summed E-state index contributed by atoms with van der Waals surface area (Å²) < 4.78 is 10.4. The minimum absolute atomic E-state index is 0.0703. The van der Waals surface area contributed by atoms with Gasteiger partial charge in [-0.2, -0.15) is 0 Å². The van der Waals surface area contributed by atoms with Crippen molar-refractivity contribution in [3.8, 4) is 11.3 Å². The van der Waals surface area contributed by atoms with Crippen LogP contribution in [0.1, 0.15) is 11.3 Å². The lowest BCUT2D eigenvalue weighted by atomic mass is 9.97. The Morgan fingerprint density at radius 3 is 2.89 bits per heavy atom. The van der Waals surface area contributed by atoms with Crippen LogP contribution in [0, 0.1) is 0 Å². The highest BCUT2D eigenvalue weighted by Crippen LogP contribution is 2.34. The van der Waals surface area contributed by atoms with E-state index in [4.69, 9.17) is 9.26 Å². The summed E-state index contributed by atoms with van der Waals surface area (Å²) in [5.74, 6) is 0.672. The van der Waals surface area contributed by atoms with Gasteiger partial charge in [0.1, 0.15) is 24.1 Å². The minimum Gasteiger partial charge on any atom is -0.447 e. The largest absolute Gasteiger partial charge is 0.447 e. The van der Waals surface area contributed by atoms with Crippen molar-refractivity contribution in [1.29, 1.82) is 0 Å². The summed E-state index contributed by atoms with van der Waals surface area (Å²) in [6, 6.07) is 13.6. The highest BCUT2D eigenvalue weighted by molar-refractivity contribution is 5.96. The van der Waals surface area contributed by atoms with Crippen LogP contribution >= 0.6 is 0 Å². The van der Waals surface area contributed by atoms with Gasteiger partial charge in [-0.05, 0) is 10.8 Å². The van der Waals surface area contributed by atoms with Gasteiger partial charge in [-0.15, -0.1) is 0 Å². The minimum atomic E-state index is -0.625. The average Bonchev–Trinajstić information content (AvgIpc) is 3.32. The SMILES string of the molecule is O=C1N[C@@H](C(=O)N2CCc3onc(-c4cccc5ccccc45)c3C2)CO1. The number of amides is 2. The number of nitrogens with one attached hydrogen (secondary N) is 1. The molecular weight excluding hydrogens is 346 g/mol. The van der Waals surface area contributed by atoms with Crippen LogP contribution < -0.4 is 5.32 Å². The summed E-state index contributed by atoms with van der Waals surface area (Å²) in [5, 5.41) is 9.08. The molecule has 3 aromatic rings. The number of ether oxygens (including phenoxy) is 1. The zero-order valence-electron chi connectivity index (χ0n) is 14.5. The van der Waals surface area contributed by atoms with E-state index in [2.05, 4.69) is 28.7 Å². The second-order valence-corrected chi connectivity index (χ2v) is 6.76. The molecule has 2 aromatic carbocycles. The summed E-state index contributed by atoms with van der Waals surface area (Å²) in [7, 11) is 0. The van der Waals surface area contributed by atoms with E-state index >= 15 is 0 Å². The predicted octanol–water partition coefficient (Wildman–Crippen LogP) is 2.49. The fraction of sp³-hybridized carbons (Fsp3) is 0.250. The van der Waals surface area contributed by atoms with Gasteiger partial charge in [0.2, 0.25) is 5.91 Å². The normalized spacial score (nSPS) is 18.9. The molecule has 0 saturated carbocycles. The molecule has 7 nitrogen and oxygen atoms in total. The Morgan fingerprint density at radius 1 is 1.19 bits per heavy atom. The lowest BCUT2D eigenvalue weighted by Crippen LogP contribution is -2.47. The van der Waals surface area contributed by atoms with Crippen molar-refractivity contribution >= 4 is 22.8 Å². The molecular formula is C20H17N3O4. The molecule has 1 N–H and O–H groups in total. The van der Waals surface area contributed by atoms with Gasteiger partial charge in [-0.25, -0.2) is 4.79 Å². The molecule has 0 radical (unpaired) electrons. The molecule has 0 bridgehead atoms. The van der Waals surface area contributed by atoms with E-state index < -0.39 is 12.1 Å². The van der Waals surface area contributed by atoms with Crippen molar-refractivity contribution in [1.82, 2.24) is 15.4 Å². The third kappa shape index (κ3) is 2.63. The summed E-state index contributed by atoms with van der Waals surface area (Å²) in [6.45, 7) is 1.01. The Hall–Kier alpha value is -3.35. The lowest BCUT2D eigenvalue weighted by Gasteiger charge is -2.28. The van der Waals surface area contributed by atoms with Gasteiger partial charge in [0, 0.05) is 24.1 Å². The number of carbonyl (C=O) groups is 2. The van der Waals surface area contributed by atoms with E-state index in [0.717, 1.165) is 33.4 Å². The first kappa shape index (κ1) is 15.9. The second-order valence-electron chi connectivity index (χ2n) is 6.76. The Kier molecular flexibility index (Phi) is 3.60. The smallest absolute Gasteiger partial charge is 0.407 e. The molecule has 7 heteroatoms. The average molecular weight is 363 g/mol. The van der Waals surface area contributed by atoms with Crippen LogP contribution in [0.2, 0.25) is 0 Å². The number of alkyl carbamates (subject to hydrolysis) is 1. The van der Waals surface area contributed by atoms with Crippen LogP contribution in [0.15, 0.2) is 47.0 Å². The van der Waals surface area contributed by atoms with Gasteiger partial charge in [-0.1, -0.05) is 47.6 Å². The van der Waals surface area contributed by atoms with Crippen LogP contribution in [-0.2, 0) is 22.5 Å². The first-order valence-electron chi connectivity index (χ1n) is 8.88. The summed E-state index contributed by atoms with van der Waals surface area (Å²) in [4.78, 5) is 25.7. The summed E-state index contributed by atoms with van der Waals surface area (Å²) >= 11 is 0. The Morgan fingerprint density at radius 2 is 2.04 bits per heavy atom. The van der Waals surface area contributed by atoms with Crippen molar-refractivity contribution in [2.45, 2.75) is 19.0 Å². The summed E-state index contributed by atoms with van der Waals surface area (Å²) in [5.41, 5.74) is 2.69. The van der Waals surface area contributed by atoms with Crippen molar-refractivity contribution < 1.29 is 18.8 Å². The van der Waals surface area contributed by atoms with Gasteiger partial charge >= 0.3 is 6.09 Å². The van der Waals surface area contributed by atoms with E-state index in [9.17, 15) is 9.59 Å². The van der Waals surface area contributed by atoms with Crippen LogP contribution in [-0.4, -0.2) is 41.3 Å². The molecule has 0 spiro atoms. The maximum absolute atomic E-state index is 12.7. The quantitative estimate of drug-likeness (QED) is 0.756. The summed E-state index contributed by atoms with van der Waals surface area (Å²) in [6.07, 6.45) is 0.0489. The first-order chi connectivity index (χ1) is 13.2. The standard InChI is InChI=1S/C20H17N3O4/c24-19(16-11-26-20(25)21-16)23-9-8-17-15(10-23)18(22-27-17)14-7-3-5-12-4-1-2-6-13(12)14/h1-7,16H,8-11H2,(H,21,25)/t16-/m1/s1. The predicted molar refractivity (Wildman–Crippen MR) is 96.8 cm³/mol. The Bertz CT molecular complexity index is 1050. The Balaban J connectivity index is 1.50. The molecule has 1 atom stereocenters. The molecule has 5 rings (SSSR count). The van der Waals surface area contributed by atoms with Crippen LogP contribution in [0.25, 0.3) is 22.0 Å². The van der Waals surface area contributed by atoms with E-state index in [1.165, 1.54) is 0 Å². The zero-order chi connectivity index (χ0) is 18.4. The van der Waals surface area contributed by atoms with E-state index in [0.29, 0.717) is 19.5 Å². The van der Waals surface area contributed by atoms with Crippen LogP contribution in [0.4, 0.5) is 4.79 Å². The fourth-order valence-corrected chi connectivity index (χ4v) is 3.78. The molecule has 2 amide bonds. The highest BCUT2D eigenvalue weighted by atomic mass is 16.6. The van der Waals surface area contributed by atoms with Gasteiger partial charge in [0.05, 0.1) is 6.54 Å². The maximum Gasteiger partial charge on any atom is 0.407 e. The number of carbonyl (C=O) groups excluding carboxylic acids is 2. The maximum atomic E-state index is 12.7. The molecule has 2 aliphatic heterocycles. The van der Waals surface area contributed by atoms with Crippen molar-refractivity contribution in [2.75, 3.05) is 13.2 Å². The number of nitrogens with zero attached hydrogens (tertiary/aromatic N) is 2. The number of aromatic nitrogens is 1. The van der Waals surface area contributed by atoms with Crippen molar-refractivity contribution in [3.63, 3.8) is 0 Å². The topological polar surface area (TPSA) is 84.7 Å². The number of hydrogen-bond acceptors (Lipinski definition) is 5. The fourth-order valence-electron chi connectivity index (χ4n) is 3.78. The molecule has 0 unspecified atom stereocenters. The molecule has 2 aliphatic rings. The molecule has 1 saturated heterocycles. The van der Waals surface area contributed by atoms with Gasteiger partial charge in [0.15, 0.2) is 0 Å². The molecule has 1 aromatic heterocycles. The van der Waals surface area contributed by atoms with Crippen molar-refractivity contribution in [3.05, 3.63) is 53.8 Å². The highest BCUT2D eigenvalue weighted by Gasteiger charge is 2.35. The van der Waals surface area contributed by atoms with Crippen molar-refractivity contribution in [2.24, 2.45) is 0 Å². The zero-order valence-corrected chi connectivity index (χ0v) is 14.5. The van der Waals surface area contributed by atoms with Gasteiger partial charge in [0.25, 0.3) is 0 Å². The number of rotatable bonds is 2. The molecule has 3 heterocycles. The Labute approximate surface area is 154 Å². The number of cyclic esters (lactones) is 1. The number of benzene rings is 2. The molecule has 0 aliphatic carbocycles. The van der Waals surface area contributed by atoms with E-state index in [-0.39, 0.29) is 12.5 Å². The number of hydrogen-bond donors (Lipinski definition) is 1. The third-order valence-corrected chi connectivity index (χ3v) is 5.16. The third-order valence-electron chi connectivity index (χ3n) is 5.16. The van der Waals surface area contributed by atoms with E-state index in [1.807, 2.05) is 24.3 Å². The van der Waals surface area contributed by atoms with Gasteiger partial charge < -0.3 is 19.5 Å². The van der Waals surface area contributed by atoms with Crippen LogP contribution in [0.3, 0.4) is 0 Å².